The van der Waals surface area contributed by atoms with Gasteiger partial charge in [-0.2, -0.15) is 0 Å². The summed E-state index contributed by atoms with van der Waals surface area (Å²) in [6, 6.07) is 0. The third-order valence-corrected chi connectivity index (χ3v) is 5.23. The summed E-state index contributed by atoms with van der Waals surface area (Å²) in [5.74, 6) is 0. The maximum atomic E-state index is 10.5. The maximum Gasteiger partial charge on any atom is 0.286 e. The molecule has 1 amide bonds. The third-order valence-electron chi connectivity index (χ3n) is 1.07. The fraction of sp³-hybridized carbons (Fsp3) is 0.167. The number of allylic oxidation sites excluding steroid dienone is 2. The molecule has 0 aliphatic carbocycles. The minimum atomic E-state index is -1.02. The Hall–Kier alpha value is 0.380. The van der Waals surface area contributed by atoms with E-state index in [9.17, 15) is 4.79 Å². The van der Waals surface area contributed by atoms with Crippen molar-refractivity contribution in [2.75, 3.05) is 6.26 Å². The lowest BCUT2D eigenvalue weighted by atomic mass is 10.6. The van der Waals surface area contributed by atoms with Crippen molar-refractivity contribution in [1.29, 1.82) is 0 Å². The molecule has 0 atom stereocenters. The molecule has 64 valence electrons. The van der Waals surface area contributed by atoms with E-state index < -0.39 is 9.06 Å². The van der Waals surface area contributed by atoms with Crippen molar-refractivity contribution < 1.29 is 4.79 Å². The monoisotopic (exact) mass is 303 g/mol. The van der Waals surface area contributed by atoms with Crippen LogP contribution in [-0.4, -0.2) is 11.5 Å². The van der Waals surface area contributed by atoms with Crippen molar-refractivity contribution >= 4 is 49.1 Å². The van der Waals surface area contributed by atoms with Crippen molar-refractivity contribution in [2.45, 2.75) is 0 Å². The van der Waals surface area contributed by atoms with E-state index in [0.717, 1.165) is 0 Å². The average Bonchev–Trinajstić information content (AvgIpc) is 2.12. The predicted octanol–water partition coefficient (Wildman–Crippen LogP) is 2.81. The van der Waals surface area contributed by atoms with Crippen LogP contribution in [0, 0.1) is 0 Å². The summed E-state index contributed by atoms with van der Waals surface area (Å²) in [6.45, 7) is 0. The van der Waals surface area contributed by atoms with Gasteiger partial charge < -0.3 is 5.73 Å². The Kier molecular flexibility index (Phi) is 4.57. The van der Waals surface area contributed by atoms with Gasteiger partial charge in [0.05, 0.1) is 0 Å². The lowest BCUT2D eigenvalue weighted by molar-refractivity contribution is 0.267. The second kappa shape index (κ2) is 4.42. The van der Waals surface area contributed by atoms with Crippen molar-refractivity contribution in [3.05, 3.63) is 23.0 Å². The Labute approximate surface area is 88.4 Å². The Balaban J connectivity index is 0.000001000. The number of primary amides is 1. The van der Waals surface area contributed by atoms with E-state index in [4.69, 9.17) is 5.73 Å². The second-order valence-electron chi connectivity index (χ2n) is 2.03. The van der Waals surface area contributed by atoms with E-state index >= 15 is 0 Å². The van der Waals surface area contributed by atoms with Gasteiger partial charge in [0.1, 0.15) is 0 Å². The molecule has 0 unspecified atom stereocenters. The molecule has 0 bridgehead atoms. The smallest absolute Gasteiger partial charge is 0.286 e. The van der Waals surface area contributed by atoms with Gasteiger partial charge in [-0.1, -0.05) is 12.2 Å². The summed E-state index contributed by atoms with van der Waals surface area (Å²) in [6.07, 6.45) is 5.93. The van der Waals surface area contributed by atoms with Gasteiger partial charge in [-0.3, -0.25) is 4.79 Å². The Morgan fingerprint density at radius 3 is 2.27 bits per heavy atom. The largest absolute Gasteiger partial charge is 0.360 e. The van der Waals surface area contributed by atoms with E-state index in [1.54, 1.807) is 0 Å². The van der Waals surface area contributed by atoms with Crippen LogP contribution in [0.25, 0.3) is 0 Å². The topological polar surface area (TPSA) is 43.1 Å². The highest BCUT2D eigenvalue weighted by Crippen LogP contribution is 2.61. The molecule has 0 saturated heterocycles. The SMILES string of the molecule is CS1(SC(N)=O)C=CC=C1.I. The zero-order valence-corrected chi connectivity index (χ0v) is 9.98. The van der Waals surface area contributed by atoms with E-state index in [0.29, 0.717) is 0 Å². The zero-order valence-electron chi connectivity index (χ0n) is 6.02. The number of carbonyl (C=O) groups excluding carboxylic acids is 1. The van der Waals surface area contributed by atoms with Crippen LogP contribution in [0.15, 0.2) is 23.0 Å². The van der Waals surface area contributed by atoms with Gasteiger partial charge in [0.2, 0.25) is 0 Å². The van der Waals surface area contributed by atoms with Crippen LogP contribution < -0.4 is 5.73 Å². The summed E-state index contributed by atoms with van der Waals surface area (Å²) in [7, 11) is 0.191. The van der Waals surface area contributed by atoms with Gasteiger partial charge in [0.25, 0.3) is 5.24 Å². The van der Waals surface area contributed by atoms with Crippen molar-refractivity contribution in [2.24, 2.45) is 5.73 Å². The third kappa shape index (κ3) is 3.53. The first-order chi connectivity index (χ1) is 4.62. The summed E-state index contributed by atoms with van der Waals surface area (Å²) >= 11 is 0. The highest BCUT2D eigenvalue weighted by Gasteiger charge is 2.16. The number of halogens is 1. The second-order valence-corrected chi connectivity index (χ2v) is 7.73. The molecule has 0 aromatic carbocycles. The Morgan fingerprint density at radius 1 is 1.45 bits per heavy atom. The van der Waals surface area contributed by atoms with Crippen LogP contribution in [0.2, 0.25) is 0 Å². The summed E-state index contributed by atoms with van der Waals surface area (Å²) in [4.78, 5) is 10.5. The van der Waals surface area contributed by atoms with E-state index in [-0.39, 0.29) is 29.2 Å². The molecule has 2 nitrogen and oxygen atoms in total. The van der Waals surface area contributed by atoms with Crippen LogP contribution in [0.5, 0.6) is 0 Å². The minimum absolute atomic E-state index is 0. The molecule has 5 heteroatoms. The van der Waals surface area contributed by atoms with Crippen LogP contribution in [0.4, 0.5) is 4.79 Å². The molecule has 0 saturated carbocycles. The normalized spacial score (nSPS) is 20.8. The van der Waals surface area contributed by atoms with E-state index in [1.807, 2.05) is 29.2 Å². The summed E-state index contributed by atoms with van der Waals surface area (Å²) in [5, 5.41) is 3.76. The number of amides is 1. The molecule has 0 aromatic rings. The Bertz CT molecular complexity index is 203. The molecule has 0 spiro atoms. The molecule has 0 fully saturated rings. The highest BCUT2D eigenvalue weighted by molar-refractivity contribution is 14.0. The van der Waals surface area contributed by atoms with Crippen molar-refractivity contribution in [1.82, 2.24) is 0 Å². The Morgan fingerprint density at radius 2 is 1.91 bits per heavy atom. The number of hydrogen-bond donors (Lipinski definition) is 1. The van der Waals surface area contributed by atoms with E-state index in [1.165, 1.54) is 10.8 Å². The van der Waals surface area contributed by atoms with Crippen LogP contribution >= 0.6 is 43.8 Å². The minimum Gasteiger partial charge on any atom is -0.360 e. The molecule has 11 heavy (non-hydrogen) atoms. The van der Waals surface area contributed by atoms with Crippen LogP contribution in [0.3, 0.4) is 0 Å². The van der Waals surface area contributed by atoms with Crippen molar-refractivity contribution in [3.63, 3.8) is 0 Å². The van der Waals surface area contributed by atoms with Gasteiger partial charge in [0, 0.05) is 0 Å². The molecule has 1 rings (SSSR count). The van der Waals surface area contributed by atoms with Crippen LogP contribution in [-0.2, 0) is 0 Å². The summed E-state index contributed by atoms with van der Waals surface area (Å²) in [5.41, 5.74) is 5.03. The molecule has 1 aliphatic heterocycles. The van der Waals surface area contributed by atoms with Gasteiger partial charge in [-0.25, -0.2) is 0 Å². The predicted molar refractivity (Wildman–Crippen MR) is 64.4 cm³/mol. The van der Waals surface area contributed by atoms with Gasteiger partial charge in [-0.05, 0) is 27.9 Å². The zero-order chi connectivity index (χ0) is 7.61. The first-order valence-corrected chi connectivity index (χ1v) is 6.24. The number of carbonyl (C=O) groups is 1. The molecular weight excluding hydrogens is 293 g/mol. The summed E-state index contributed by atoms with van der Waals surface area (Å²) < 4.78 is 0. The fourth-order valence-electron chi connectivity index (χ4n) is 0.681. The molecule has 1 heterocycles. The molecule has 2 N–H and O–H groups in total. The quantitative estimate of drug-likeness (QED) is 0.598. The number of rotatable bonds is 1. The highest BCUT2D eigenvalue weighted by atomic mass is 127. The van der Waals surface area contributed by atoms with Gasteiger partial charge in [0.15, 0.2) is 0 Å². The van der Waals surface area contributed by atoms with Crippen LogP contribution in [0.1, 0.15) is 0 Å². The standard InChI is InChI=1S/C6H9NOS2.HI/c1-10(9-6(7)8)4-2-3-5-10;/h2-5H,1H3,(H2,7,8);1H. The molecule has 0 radical (unpaired) electrons. The molecule has 1 aliphatic rings. The number of nitrogens with two attached hydrogens (primary N) is 1. The average molecular weight is 303 g/mol. The van der Waals surface area contributed by atoms with Crippen molar-refractivity contribution in [3.8, 4) is 0 Å². The molecular formula is C6H10INOS2. The first kappa shape index (κ1) is 11.4. The fourth-order valence-corrected chi connectivity index (χ4v) is 3.82. The molecule has 0 aromatic heterocycles. The van der Waals surface area contributed by atoms with E-state index in [2.05, 4.69) is 0 Å². The van der Waals surface area contributed by atoms with Gasteiger partial charge in [-0.15, -0.1) is 33.0 Å². The first-order valence-electron chi connectivity index (χ1n) is 2.74. The van der Waals surface area contributed by atoms with Gasteiger partial charge >= 0.3 is 0 Å². The number of hydrogen-bond acceptors (Lipinski definition) is 2. The maximum absolute atomic E-state index is 10.5. The lowest BCUT2D eigenvalue weighted by Gasteiger charge is -2.21. The lowest BCUT2D eigenvalue weighted by Crippen LogP contribution is -2.03.